The van der Waals surface area contributed by atoms with E-state index in [-0.39, 0.29) is 23.1 Å². The first-order chi connectivity index (χ1) is 17.5. The molecule has 2 aromatic heterocycles. The molecule has 36 heavy (non-hydrogen) atoms. The molecule has 0 saturated carbocycles. The number of carbonyl (C=O) groups excluding carboxylic acids is 1. The van der Waals surface area contributed by atoms with Gasteiger partial charge in [-0.05, 0) is 31.0 Å². The molecule has 10 heteroatoms. The lowest BCUT2D eigenvalue weighted by Crippen LogP contribution is -2.41. The number of ether oxygens (including phenoxy) is 2. The maximum Gasteiger partial charge on any atom is 0.242 e. The third-order valence-electron chi connectivity index (χ3n) is 6.41. The minimum atomic E-state index is -2.72. The Bertz CT molecular complexity index is 1240. The number of aromatic nitrogens is 2. The quantitative estimate of drug-likeness (QED) is 0.417. The molecule has 0 bridgehead atoms. The lowest BCUT2D eigenvalue weighted by molar-refractivity contribution is 0.000245. The Kier molecular flexibility index (Phi) is 7.24. The lowest BCUT2D eigenvalue weighted by Gasteiger charge is -2.24. The zero-order valence-corrected chi connectivity index (χ0v) is 19.6. The van der Waals surface area contributed by atoms with Crippen LogP contribution in [0.1, 0.15) is 34.5 Å². The number of alkyl halides is 2. The minimum Gasteiger partial charge on any atom is -0.488 e. The van der Waals surface area contributed by atoms with Crippen LogP contribution in [0.3, 0.4) is 0 Å². The van der Waals surface area contributed by atoms with Gasteiger partial charge < -0.3 is 25.1 Å². The number of hydrogen-bond donors (Lipinski definition) is 3. The molecule has 0 unspecified atom stereocenters. The van der Waals surface area contributed by atoms with E-state index >= 15 is 0 Å². The summed E-state index contributed by atoms with van der Waals surface area (Å²) in [5, 5.41) is 6.38. The number of fused-ring (bicyclic) bond motifs is 1. The number of halogens is 3. The lowest BCUT2D eigenvalue weighted by atomic mass is 9.94. The molecule has 1 aromatic carbocycles. The normalized spacial score (nSPS) is 17.8. The molecule has 5 rings (SSSR count). The Morgan fingerprint density at radius 3 is 2.94 bits per heavy atom. The molecule has 3 aromatic rings. The number of anilines is 2. The van der Waals surface area contributed by atoms with Crippen molar-refractivity contribution >= 4 is 17.2 Å². The van der Waals surface area contributed by atoms with Gasteiger partial charge >= 0.3 is 0 Å². The Labute approximate surface area is 206 Å². The van der Waals surface area contributed by atoms with Gasteiger partial charge in [-0.2, -0.15) is 0 Å². The summed E-state index contributed by atoms with van der Waals surface area (Å²) in [5.41, 5.74) is 2.89. The van der Waals surface area contributed by atoms with Crippen LogP contribution in [0.2, 0.25) is 0 Å². The maximum absolute atomic E-state index is 14.5. The van der Waals surface area contributed by atoms with Crippen LogP contribution in [0, 0.1) is 5.82 Å². The second-order valence-corrected chi connectivity index (χ2v) is 8.87. The fourth-order valence-corrected chi connectivity index (χ4v) is 4.71. The average molecular weight is 501 g/mol. The van der Waals surface area contributed by atoms with Gasteiger partial charge in [0.05, 0.1) is 29.7 Å². The number of rotatable bonds is 8. The smallest absolute Gasteiger partial charge is 0.242 e. The van der Waals surface area contributed by atoms with Crippen LogP contribution in [-0.4, -0.2) is 54.6 Å². The van der Waals surface area contributed by atoms with E-state index in [1.165, 1.54) is 12.1 Å². The molecule has 2 aliphatic rings. The maximum atomic E-state index is 14.5. The monoisotopic (exact) mass is 500 g/mol. The van der Waals surface area contributed by atoms with Gasteiger partial charge in [0, 0.05) is 54.6 Å². The number of aryl methyl sites for hydroxylation is 1. The van der Waals surface area contributed by atoms with Gasteiger partial charge in [0.25, 0.3) is 0 Å². The third kappa shape index (κ3) is 5.10. The largest absolute Gasteiger partial charge is 0.488 e. The van der Waals surface area contributed by atoms with Crippen LogP contribution >= 0.6 is 0 Å². The fourth-order valence-electron chi connectivity index (χ4n) is 4.71. The summed E-state index contributed by atoms with van der Waals surface area (Å²) in [6.07, 6.45) is 1.34. The number of carbonyl (C=O) groups is 1. The molecule has 190 valence electrons. The molecule has 1 fully saturated rings. The second-order valence-electron chi connectivity index (χ2n) is 8.87. The molecule has 0 amide bonds. The van der Waals surface area contributed by atoms with Gasteiger partial charge in [-0.1, -0.05) is 6.07 Å². The first-order valence-corrected chi connectivity index (χ1v) is 12.0. The van der Waals surface area contributed by atoms with Gasteiger partial charge in [0.15, 0.2) is 5.78 Å². The summed E-state index contributed by atoms with van der Waals surface area (Å²) in [6, 6.07) is 5.90. The molecule has 3 heterocycles. The fraction of sp³-hybridized carbons (Fsp3) is 0.385. The predicted octanol–water partition coefficient (Wildman–Crippen LogP) is 4.65. The Balaban J connectivity index is 1.55. The number of H-pyrrole nitrogens is 1. The van der Waals surface area contributed by atoms with Crippen molar-refractivity contribution in [1.29, 1.82) is 0 Å². The van der Waals surface area contributed by atoms with E-state index in [1.54, 1.807) is 18.5 Å². The predicted molar refractivity (Wildman–Crippen MR) is 129 cm³/mol. The van der Waals surface area contributed by atoms with E-state index < -0.39 is 18.7 Å². The van der Waals surface area contributed by atoms with Gasteiger partial charge in [-0.25, -0.2) is 13.2 Å². The van der Waals surface area contributed by atoms with Crippen LogP contribution in [0.15, 0.2) is 36.7 Å². The highest BCUT2D eigenvalue weighted by Gasteiger charge is 2.29. The van der Waals surface area contributed by atoms with Crippen LogP contribution in [0.4, 0.5) is 24.5 Å². The zero-order chi connectivity index (χ0) is 25.1. The third-order valence-corrected chi connectivity index (χ3v) is 6.41. The van der Waals surface area contributed by atoms with E-state index in [9.17, 15) is 18.0 Å². The van der Waals surface area contributed by atoms with Gasteiger partial charge in [0.2, 0.25) is 6.43 Å². The van der Waals surface area contributed by atoms with Crippen molar-refractivity contribution in [1.82, 2.24) is 15.3 Å². The average Bonchev–Trinajstić information content (AvgIpc) is 3.25. The summed E-state index contributed by atoms with van der Waals surface area (Å²) < 4.78 is 52.8. The summed E-state index contributed by atoms with van der Waals surface area (Å²) in [7, 11) is 0. The first-order valence-electron chi connectivity index (χ1n) is 12.0. The Hall–Kier alpha value is -3.37. The van der Waals surface area contributed by atoms with Crippen molar-refractivity contribution in [2.24, 2.45) is 0 Å². The molecule has 1 saturated heterocycles. The molecule has 0 radical (unpaired) electrons. The zero-order valence-electron chi connectivity index (χ0n) is 19.6. The van der Waals surface area contributed by atoms with Crippen molar-refractivity contribution in [3.8, 4) is 17.0 Å². The molecule has 1 aliphatic carbocycles. The number of pyridine rings is 1. The number of Topliss-reactive ketones (excluding diaryl/α,β-unsaturated/α-hetero) is 1. The van der Waals surface area contributed by atoms with Crippen LogP contribution in [0.25, 0.3) is 11.3 Å². The first kappa shape index (κ1) is 24.3. The SMILES string of the molecule is O=C1CCCc2[nH]c(-c3ccncc3OC[C@@H]3CNCCO3)c(Nc3cccc(F)c3CC(F)F)c21. The highest BCUT2D eigenvalue weighted by Crippen LogP contribution is 2.42. The number of aromatic amines is 1. The summed E-state index contributed by atoms with van der Waals surface area (Å²) in [5.74, 6) is -0.314. The number of hydrogen-bond acceptors (Lipinski definition) is 6. The van der Waals surface area contributed by atoms with Gasteiger partial charge in [-0.3, -0.25) is 9.78 Å². The van der Waals surface area contributed by atoms with Crippen molar-refractivity contribution in [3.63, 3.8) is 0 Å². The van der Waals surface area contributed by atoms with Crippen molar-refractivity contribution in [2.45, 2.75) is 38.2 Å². The van der Waals surface area contributed by atoms with E-state index in [2.05, 4.69) is 20.6 Å². The molecule has 3 N–H and O–H groups in total. The molecule has 1 aliphatic heterocycles. The van der Waals surface area contributed by atoms with Gasteiger partial charge in [0.1, 0.15) is 24.3 Å². The number of ketones is 1. The highest BCUT2D eigenvalue weighted by molar-refractivity contribution is 6.07. The number of nitrogens with one attached hydrogen (secondary N) is 3. The van der Waals surface area contributed by atoms with E-state index in [4.69, 9.17) is 9.47 Å². The van der Waals surface area contributed by atoms with Crippen LogP contribution < -0.4 is 15.4 Å². The molecule has 7 nitrogen and oxygen atoms in total. The summed E-state index contributed by atoms with van der Waals surface area (Å²) >= 11 is 0. The van der Waals surface area contributed by atoms with Crippen LogP contribution in [-0.2, 0) is 17.6 Å². The standard InChI is InChI=1S/C26H27F3N4O3/c27-18-3-1-4-19(17(18)11-23(28)29)32-26-24-20(5-2-6-21(24)34)33-25(26)16-7-8-30-13-22(16)36-14-15-12-31-9-10-35-15/h1,3-4,7-8,13,15,23,31-33H,2,5-6,9-12,14H2/t15-/m0/s1. The van der Waals surface area contributed by atoms with Crippen molar-refractivity contribution < 1.29 is 27.4 Å². The number of benzene rings is 1. The summed E-state index contributed by atoms with van der Waals surface area (Å²) in [6.45, 7) is 2.36. The number of nitrogens with zero attached hydrogens (tertiary/aromatic N) is 1. The topological polar surface area (TPSA) is 88.3 Å². The van der Waals surface area contributed by atoms with E-state index in [0.29, 0.717) is 67.3 Å². The Morgan fingerprint density at radius 2 is 2.14 bits per heavy atom. The van der Waals surface area contributed by atoms with Crippen LogP contribution in [0.5, 0.6) is 5.75 Å². The Morgan fingerprint density at radius 1 is 1.25 bits per heavy atom. The van der Waals surface area contributed by atoms with Crippen molar-refractivity contribution in [3.05, 3.63) is 59.3 Å². The van der Waals surface area contributed by atoms with Gasteiger partial charge in [-0.15, -0.1) is 0 Å². The second kappa shape index (κ2) is 10.7. The molecular weight excluding hydrogens is 473 g/mol. The highest BCUT2D eigenvalue weighted by atomic mass is 19.3. The van der Waals surface area contributed by atoms with E-state index in [0.717, 1.165) is 18.3 Å². The molecular formula is C26H27F3N4O3. The van der Waals surface area contributed by atoms with Crippen molar-refractivity contribution in [2.75, 3.05) is 31.6 Å². The molecule has 0 spiro atoms. The molecule has 1 atom stereocenters. The minimum absolute atomic E-state index is 0.0636. The number of morpholine rings is 1. The van der Waals surface area contributed by atoms with E-state index in [1.807, 2.05) is 0 Å². The summed E-state index contributed by atoms with van der Waals surface area (Å²) in [4.78, 5) is 20.5.